The lowest BCUT2D eigenvalue weighted by molar-refractivity contribution is -0.117. The number of carbonyl (C=O) groups is 1. The van der Waals surface area contributed by atoms with Gasteiger partial charge in [0.1, 0.15) is 0 Å². The molecule has 0 unspecified atom stereocenters. The van der Waals surface area contributed by atoms with Crippen molar-refractivity contribution < 1.29 is 4.79 Å². The van der Waals surface area contributed by atoms with Gasteiger partial charge in [-0.05, 0) is 6.42 Å². The van der Waals surface area contributed by atoms with Crippen LogP contribution in [0.25, 0.3) is 0 Å². The molecule has 0 aromatic rings. The molecule has 0 heterocycles. The van der Waals surface area contributed by atoms with Crippen molar-refractivity contribution in [3.63, 3.8) is 0 Å². The molecule has 0 atom stereocenters. The zero-order valence-corrected chi connectivity index (χ0v) is 4.89. The highest BCUT2D eigenvalue weighted by Gasteiger charge is 1.86. The second kappa shape index (κ2) is 6.17. The minimum Gasteiger partial charge on any atom is -0.370 e. The number of nitrogens with two attached hydrogens (primary N) is 1. The van der Waals surface area contributed by atoms with Crippen LogP contribution in [0.3, 0.4) is 0 Å². The van der Waals surface area contributed by atoms with E-state index >= 15 is 0 Å². The van der Waals surface area contributed by atoms with Crippen LogP contribution in [-0.2, 0) is 4.79 Å². The average Bonchev–Trinajstić information content (AvgIpc) is 1.61. The SMILES string of the molecule is C=CCCC(N)=O.N. The van der Waals surface area contributed by atoms with Gasteiger partial charge in [-0.15, -0.1) is 6.58 Å². The summed E-state index contributed by atoms with van der Waals surface area (Å²) >= 11 is 0. The maximum absolute atomic E-state index is 9.93. The van der Waals surface area contributed by atoms with Crippen molar-refractivity contribution in [1.29, 1.82) is 0 Å². The summed E-state index contributed by atoms with van der Waals surface area (Å²) in [6.07, 6.45) is 2.78. The Morgan fingerprint density at radius 1 is 1.75 bits per heavy atom. The highest BCUT2D eigenvalue weighted by Crippen LogP contribution is 1.84. The molecule has 0 radical (unpaired) electrons. The molecule has 8 heavy (non-hydrogen) atoms. The molecule has 1 amide bonds. The van der Waals surface area contributed by atoms with Crippen molar-refractivity contribution in [3.05, 3.63) is 12.7 Å². The second-order valence-electron chi connectivity index (χ2n) is 1.29. The topological polar surface area (TPSA) is 78.1 Å². The molecule has 0 aromatic heterocycles. The average molecular weight is 116 g/mol. The largest absolute Gasteiger partial charge is 0.370 e. The summed E-state index contributed by atoms with van der Waals surface area (Å²) in [4.78, 5) is 9.93. The highest BCUT2D eigenvalue weighted by atomic mass is 16.1. The Balaban J connectivity index is 0. The van der Waals surface area contributed by atoms with E-state index in [9.17, 15) is 4.79 Å². The molecule has 0 aliphatic heterocycles. The zero-order valence-electron chi connectivity index (χ0n) is 4.89. The third-order valence-corrected chi connectivity index (χ3v) is 0.595. The summed E-state index contributed by atoms with van der Waals surface area (Å²) in [5.41, 5.74) is 4.79. The van der Waals surface area contributed by atoms with Crippen LogP contribution < -0.4 is 11.9 Å². The first kappa shape index (κ1) is 10.2. The highest BCUT2D eigenvalue weighted by molar-refractivity contribution is 5.73. The molecule has 0 aromatic carbocycles. The summed E-state index contributed by atoms with van der Waals surface area (Å²) in [7, 11) is 0. The first-order valence-corrected chi connectivity index (χ1v) is 2.16. The molecule has 0 saturated carbocycles. The number of amides is 1. The van der Waals surface area contributed by atoms with E-state index in [4.69, 9.17) is 5.73 Å². The molecule has 0 spiro atoms. The van der Waals surface area contributed by atoms with E-state index in [1.807, 2.05) is 0 Å². The van der Waals surface area contributed by atoms with Gasteiger partial charge in [-0.1, -0.05) is 6.08 Å². The van der Waals surface area contributed by atoms with E-state index in [-0.39, 0.29) is 12.1 Å². The van der Waals surface area contributed by atoms with Crippen molar-refractivity contribution in [1.82, 2.24) is 6.15 Å². The monoisotopic (exact) mass is 116 g/mol. The molecule has 0 saturated heterocycles. The molecule has 3 nitrogen and oxygen atoms in total. The van der Waals surface area contributed by atoms with Gasteiger partial charge in [-0.2, -0.15) is 0 Å². The number of hydrogen-bond acceptors (Lipinski definition) is 2. The summed E-state index contributed by atoms with van der Waals surface area (Å²) in [5.74, 6) is -0.264. The fourth-order valence-corrected chi connectivity index (χ4v) is 0.244. The van der Waals surface area contributed by atoms with Crippen LogP contribution in [0.5, 0.6) is 0 Å². The minimum atomic E-state index is -0.264. The second-order valence-corrected chi connectivity index (χ2v) is 1.29. The Bertz CT molecular complexity index is 80.5. The predicted octanol–water partition coefficient (Wildman–Crippen LogP) is 0.600. The Kier molecular flexibility index (Phi) is 7.88. The van der Waals surface area contributed by atoms with E-state index < -0.39 is 0 Å². The summed E-state index contributed by atoms with van der Waals surface area (Å²) in [6, 6.07) is 0. The van der Waals surface area contributed by atoms with Crippen molar-refractivity contribution >= 4 is 5.91 Å². The first-order chi connectivity index (χ1) is 3.27. The number of allylic oxidation sites excluding steroid dienone is 1. The maximum atomic E-state index is 9.93. The number of carbonyl (C=O) groups excluding carboxylic acids is 1. The van der Waals surface area contributed by atoms with E-state index in [1.165, 1.54) is 0 Å². The van der Waals surface area contributed by atoms with Crippen LogP contribution in [0.15, 0.2) is 12.7 Å². The fraction of sp³-hybridized carbons (Fsp3) is 0.400. The minimum absolute atomic E-state index is 0. The van der Waals surface area contributed by atoms with Gasteiger partial charge < -0.3 is 11.9 Å². The number of primary amides is 1. The van der Waals surface area contributed by atoms with E-state index in [2.05, 4.69) is 6.58 Å². The van der Waals surface area contributed by atoms with Gasteiger partial charge in [0.2, 0.25) is 5.91 Å². The van der Waals surface area contributed by atoms with Gasteiger partial charge in [0.25, 0.3) is 0 Å². The molecule has 0 rings (SSSR count). The Hall–Kier alpha value is -0.830. The third kappa shape index (κ3) is 8.95. The summed E-state index contributed by atoms with van der Waals surface area (Å²) in [5, 5.41) is 0. The summed E-state index contributed by atoms with van der Waals surface area (Å²) in [6.45, 7) is 3.42. The molecule has 0 aliphatic carbocycles. The fourth-order valence-electron chi connectivity index (χ4n) is 0.244. The molecule has 48 valence electrons. The molecular formula is C5H12N2O. The van der Waals surface area contributed by atoms with Crippen LogP contribution in [0.2, 0.25) is 0 Å². The normalized spacial score (nSPS) is 7.00. The first-order valence-electron chi connectivity index (χ1n) is 2.16. The van der Waals surface area contributed by atoms with Crippen LogP contribution in [0.1, 0.15) is 12.8 Å². The lowest BCUT2D eigenvalue weighted by Gasteiger charge is -1.83. The lowest BCUT2D eigenvalue weighted by atomic mass is 10.3. The number of hydrogen-bond donors (Lipinski definition) is 2. The lowest BCUT2D eigenvalue weighted by Crippen LogP contribution is -2.08. The van der Waals surface area contributed by atoms with Gasteiger partial charge in [0, 0.05) is 6.42 Å². The summed E-state index contributed by atoms with van der Waals surface area (Å²) < 4.78 is 0. The van der Waals surface area contributed by atoms with Crippen molar-refractivity contribution in [2.75, 3.05) is 0 Å². The quantitative estimate of drug-likeness (QED) is 0.529. The van der Waals surface area contributed by atoms with Gasteiger partial charge in [-0.3, -0.25) is 4.79 Å². The van der Waals surface area contributed by atoms with Gasteiger partial charge in [-0.25, -0.2) is 0 Å². The Morgan fingerprint density at radius 2 is 2.25 bits per heavy atom. The third-order valence-electron chi connectivity index (χ3n) is 0.595. The van der Waals surface area contributed by atoms with Gasteiger partial charge >= 0.3 is 0 Å². The van der Waals surface area contributed by atoms with Gasteiger partial charge in [0.05, 0.1) is 0 Å². The van der Waals surface area contributed by atoms with Gasteiger partial charge in [0.15, 0.2) is 0 Å². The van der Waals surface area contributed by atoms with Crippen LogP contribution in [0.4, 0.5) is 0 Å². The van der Waals surface area contributed by atoms with Crippen molar-refractivity contribution in [2.45, 2.75) is 12.8 Å². The smallest absolute Gasteiger partial charge is 0.217 e. The van der Waals surface area contributed by atoms with Crippen molar-refractivity contribution in [2.24, 2.45) is 5.73 Å². The standard InChI is InChI=1S/C5H9NO.H3N/c1-2-3-4-5(6)7;/h2H,1,3-4H2,(H2,6,7);1H3. The zero-order chi connectivity index (χ0) is 5.70. The number of rotatable bonds is 3. The molecule has 3 heteroatoms. The molecule has 0 fully saturated rings. The van der Waals surface area contributed by atoms with Crippen LogP contribution >= 0.6 is 0 Å². The van der Waals surface area contributed by atoms with E-state index in [0.717, 1.165) is 0 Å². The van der Waals surface area contributed by atoms with Crippen LogP contribution in [-0.4, -0.2) is 5.91 Å². The van der Waals surface area contributed by atoms with E-state index in [1.54, 1.807) is 6.08 Å². The maximum Gasteiger partial charge on any atom is 0.217 e. The molecule has 5 N–H and O–H groups in total. The Morgan fingerprint density at radius 3 is 2.38 bits per heavy atom. The van der Waals surface area contributed by atoms with Crippen LogP contribution in [0, 0.1) is 0 Å². The molecular weight excluding hydrogens is 104 g/mol. The molecule has 0 aliphatic rings. The van der Waals surface area contributed by atoms with E-state index in [0.29, 0.717) is 12.8 Å². The Labute approximate surface area is 49.1 Å². The molecule has 0 bridgehead atoms. The predicted molar refractivity (Wildman–Crippen MR) is 33.6 cm³/mol. The van der Waals surface area contributed by atoms with Crippen molar-refractivity contribution in [3.8, 4) is 0 Å².